The molecule has 3 aromatic rings. The summed E-state index contributed by atoms with van der Waals surface area (Å²) in [5, 5.41) is 3.70. The predicted molar refractivity (Wildman–Crippen MR) is 112 cm³/mol. The summed E-state index contributed by atoms with van der Waals surface area (Å²) in [5.74, 6) is 1.70. The zero-order chi connectivity index (χ0) is 20.3. The predicted octanol–water partition coefficient (Wildman–Crippen LogP) is 2.04. The normalized spacial score (nSPS) is 19.1. The zero-order valence-electron chi connectivity index (χ0n) is 16.6. The highest BCUT2D eigenvalue weighted by Crippen LogP contribution is 2.29. The van der Waals surface area contributed by atoms with E-state index in [4.69, 9.17) is 14.5 Å². The topological polar surface area (TPSA) is 89.5 Å². The SMILES string of the molecule is O=C1CC(COc2nc(-c3ccc(N4CCOCC4)nc3)cc3ncccc23)CN1. The average Bonchev–Trinajstić information content (AvgIpc) is 3.23. The highest BCUT2D eigenvalue weighted by molar-refractivity contribution is 5.86. The molecule has 0 saturated carbocycles. The van der Waals surface area contributed by atoms with E-state index in [1.54, 1.807) is 6.20 Å². The Labute approximate surface area is 174 Å². The number of morpholine rings is 1. The first-order valence-corrected chi connectivity index (χ1v) is 10.2. The second kappa shape index (κ2) is 8.23. The van der Waals surface area contributed by atoms with Gasteiger partial charge in [-0.15, -0.1) is 0 Å². The third kappa shape index (κ3) is 3.91. The molecule has 0 spiro atoms. The van der Waals surface area contributed by atoms with Crippen LogP contribution in [0.4, 0.5) is 5.82 Å². The Kier molecular flexibility index (Phi) is 5.15. The van der Waals surface area contributed by atoms with Crippen molar-refractivity contribution in [2.45, 2.75) is 6.42 Å². The molecule has 1 amide bonds. The molecule has 8 heteroatoms. The highest BCUT2D eigenvalue weighted by Gasteiger charge is 2.22. The molecule has 2 saturated heterocycles. The molecule has 5 rings (SSSR count). The molecule has 0 radical (unpaired) electrons. The van der Waals surface area contributed by atoms with Crippen LogP contribution in [0.2, 0.25) is 0 Å². The van der Waals surface area contributed by atoms with Crippen molar-refractivity contribution < 1.29 is 14.3 Å². The zero-order valence-corrected chi connectivity index (χ0v) is 16.6. The van der Waals surface area contributed by atoms with Crippen LogP contribution in [0.1, 0.15) is 6.42 Å². The van der Waals surface area contributed by atoms with E-state index in [9.17, 15) is 4.79 Å². The molecule has 0 aliphatic carbocycles. The summed E-state index contributed by atoms with van der Waals surface area (Å²) in [7, 11) is 0. The van der Waals surface area contributed by atoms with Gasteiger partial charge in [-0.25, -0.2) is 9.97 Å². The van der Waals surface area contributed by atoms with Crippen molar-refractivity contribution >= 4 is 22.6 Å². The molecule has 1 N–H and O–H groups in total. The van der Waals surface area contributed by atoms with E-state index in [-0.39, 0.29) is 11.8 Å². The summed E-state index contributed by atoms with van der Waals surface area (Å²) in [6.45, 7) is 4.23. The van der Waals surface area contributed by atoms with Gasteiger partial charge in [0.15, 0.2) is 0 Å². The molecule has 0 aromatic carbocycles. The Bertz CT molecular complexity index is 1050. The van der Waals surface area contributed by atoms with Crippen molar-refractivity contribution in [2.24, 2.45) is 5.92 Å². The Morgan fingerprint density at radius 1 is 1.20 bits per heavy atom. The van der Waals surface area contributed by atoms with Gasteiger partial charge < -0.3 is 19.7 Å². The van der Waals surface area contributed by atoms with Crippen LogP contribution in [0, 0.1) is 5.92 Å². The lowest BCUT2D eigenvalue weighted by atomic mass is 10.1. The minimum atomic E-state index is 0.0725. The highest BCUT2D eigenvalue weighted by atomic mass is 16.5. The van der Waals surface area contributed by atoms with E-state index >= 15 is 0 Å². The van der Waals surface area contributed by atoms with Crippen LogP contribution in [0.3, 0.4) is 0 Å². The monoisotopic (exact) mass is 405 g/mol. The van der Waals surface area contributed by atoms with Gasteiger partial charge >= 0.3 is 0 Å². The van der Waals surface area contributed by atoms with Crippen molar-refractivity contribution in [1.29, 1.82) is 0 Å². The summed E-state index contributed by atoms with van der Waals surface area (Å²) < 4.78 is 11.5. The maximum absolute atomic E-state index is 11.4. The lowest BCUT2D eigenvalue weighted by molar-refractivity contribution is -0.119. The average molecular weight is 405 g/mol. The number of carbonyl (C=O) groups excluding carboxylic acids is 1. The van der Waals surface area contributed by atoms with Crippen LogP contribution >= 0.6 is 0 Å². The molecule has 2 aliphatic rings. The summed E-state index contributed by atoms with van der Waals surface area (Å²) in [5.41, 5.74) is 2.48. The van der Waals surface area contributed by atoms with Crippen LogP contribution < -0.4 is 15.0 Å². The van der Waals surface area contributed by atoms with Gasteiger partial charge in [0.1, 0.15) is 5.82 Å². The van der Waals surface area contributed by atoms with Gasteiger partial charge in [-0.05, 0) is 30.3 Å². The van der Waals surface area contributed by atoms with Gasteiger partial charge in [0.25, 0.3) is 0 Å². The molecule has 1 unspecified atom stereocenters. The lowest BCUT2D eigenvalue weighted by Crippen LogP contribution is -2.36. The first-order chi connectivity index (χ1) is 14.8. The maximum atomic E-state index is 11.4. The molecule has 5 heterocycles. The molecule has 0 bridgehead atoms. The molecule has 1 atom stereocenters. The molecule has 2 fully saturated rings. The van der Waals surface area contributed by atoms with E-state index in [1.165, 1.54) is 0 Å². The number of ether oxygens (including phenoxy) is 2. The number of amides is 1. The van der Waals surface area contributed by atoms with Gasteiger partial charge in [-0.3, -0.25) is 9.78 Å². The Morgan fingerprint density at radius 3 is 2.87 bits per heavy atom. The molecular formula is C22H23N5O3. The number of hydrogen-bond donors (Lipinski definition) is 1. The van der Waals surface area contributed by atoms with Crippen molar-refractivity contribution in [1.82, 2.24) is 20.3 Å². The minimum absolute atomic E-state index is 0.0725. The number of rotatable bonds is 5. The molecular weight excluding hydrogens is 382 g/mol. The number of fused-ring (bicyclic) bond motifs is 1. The number of nitrogens with one attached hydrogen (secondary N) is 1. The second-order valence-electron chi connectivity index (χ2n) is 7.57. The van der Waals surface area contributed by atoms with Crippen molar-refractivity contribution in [3.05, 3.63) is 42.7 Å². The first kappa shape index (κ1) is 18.7. The van der Waals surface area contributed by atoms with Crippen molar-refractivity contribution in [2.75, 3.05) is 44.4 Å². The smallest absolute Gasteiger partial charge is 0.223 e. The van der Waals surface area contributed by atoms with Gasteiger partial charge in [0.05, 0.1) is 36.4 Å². The van der Waals surface area contributed by atoms with Crippen molar-refractivity contribution in [3.63, 3.8) is 0 Å². The number of nitrogens with zero attached hydrogens (tertiary/aromatic N) is 4. The molecule has 3 aromatic heterocycles. The summed E-state index contributed by atoms with van der Waals surface area (Å²) >= 11 is 0. The fourth-order valence-electron chi connectivity index (χ4n) is 3.80. The van der Waals surface area contributed by atoms with Crippen LogP contribution in [0.5, 0.6) is 5.88 Å². The minimum Gasteiger partial charge on any atom is -0.477 e. The summed E-state index contributed by atoms with van der Waals surface area (Å²) in [6.07, 6.45) is 4.09. The van der Waals surface area contributed by atoms with Crippen molar-refractivity contribution in [3.8, 4) is 17.1 Å². The first-order valence-electron chi connectivity index (χ1n) is 10.2. The van der Waals surface area contributed by atoms with E-state index in [0.29, 0.717) is 25.5 Å². The van der Waals surface area contributed by atoms with Gasteiger partial charge in [-0.2, -0.15) is 0 Å². The Morgan fingerprint density at radius 2 is 2.10 bits per heavy atom. The van der Waals surface area contributed by atoms with Gasteiger partial charge in [0.2, 0.25) is 11.8 Å². The van der Waals surface area contributed by atoms with Crippen LogP contribution in [0.15, 0.2) is 42.7 Å². The van der Waals surface area contributed by atoms with Gasteiger partial charge in [0, 0.05) is 49.9 Å². The Balaban J connectivity index is 1.41. The number of carbonyl (C=O) groups is 1. The third-order valence-electron chi connectivity index (χ3n) is 5.46. The Hall–Kier alpha value is -3.26. The number of pyridine rings is 3. The van der Waals surface area contributed by atoms with E-state index in [1.807, 2.05) is 36.5 Å². The number of aromatic nitrogens is 3. The molecule has 2 aliphatic heterocycles. The van der Waals surface area contributed by atoms with Crippen LogP contribution in [-0.4, -0.2) is 60.3 Å². The second-order valence-corrected chi connectivity index (χ2v) is 7.57. The van der Waals surface area contributed by atoms with Crippen LogP contribution in [-0.2, 0) is 9.53 Å². The van der Waals surface area contributed by atoms with E-state index in [0.717, 1.165) is 54.3 Å². The standard InChI is InChI=1S/C22H23N5O3/c28-21-10-15(12-25-21)14-30-22-17-2-1-5-23-19(17)11-18(26-22)16-3-4-20(24-13-16)27-6-8-29-9-7-27/h1-5,11,13,15H,6-10,12,14H2,(H,25,28). The molecule has 154 valence electrons. The third-order valence-corrected chi connectivity index (χ3v) is 5.46. The quantitative estimate of drug-likeness (QED) is 0.695. The fraction of sp³-hybridized carbons (Fsp3) is 0.364. The number of hydrogen-bond acceptors (Lipinski definition) is 7. The number of anilines is 1. The molecule has 8 nitrogen and oxygen atoms in total. The van der Waals surface area contributed by atoms with E-state index in [2.05, 4.69) is 20.2 Å². The fourth-order valence-corrected chi connectivity index (χ4v) is 3.80. The summed E-state index contributed by atoms with van der Waals surface area (Å²) in [6, 6.07) is 9.82. The summed E-state index contributed by atoms with van der Waals surface area (Å²) in [4.78, 5) is 27.5. The van der Waals surface area contributed by atoms with Gasteiger partial charge in [-0.1, -0.05) is 0 Å². The molecule has 30 heavy (non-hydrogen) atoms. The van der Waals surface area contributed by atoms with Crippen LogP contribution in [0.25, 0.3) is 22.2 Å². The maximum Gasteiger partial charge on any atom is 0.223 e. The lowest BCUT2D eigenvalue weighted by Gasteiger charge is -2.27. The largest absolute Gasteiger partial charge is 0.477 e. The van der Waals surface area contributed by atoms with E-state index < -0.39 is 0 Å².